The van der Waals surface area contributed by atoms with Gasteiger partial charge < -0.3 is 11.1 Å². The maximum atomic E-state index is 12.2. The molecule has 1 amide bonds. The van der Waals surface area contributed by atoms with Crippen molar-refractivity contribution in [2.75, 3.05) is 11.1 Å². The molecule has 2 rings (SSSR count). The Bertz CT molecular complexity index is 666. The molecule has 0 unspecified atom stereocenters. The highest BCUT2D eigenvalue weighted by Gasteiger charge is 2.12. The number of carbonyl (C=O) groups excluding carboxylic acids is 1. The van der Waals surface area contributed by atoms with Crippen LogP contribution in [-0.4, -0.2) is 5.91 Å². The molecule has 0 aliphatic carbocycles. The lowest BCUT2D eigenvalue weighted by atomic mass is 10.1. The molecule has 0 aliphatic rings. The van der Waals surface area contributed by atoms with Crippen molar-refractivity contribution in [3.05, 3.63) is 55.4 Å². The molecule has 0 saturated carbocycles. The third-order valence-corrected chi connectivity index (χ3v) is 4.25. The first kappa shape index (κ1) is 15.4. The van der Waals surface area contributed by atoms with Crippen LogP contribution in [0.3, 0.4) is 0 Å². The first-order chi connectivity index (χ1) is 9.38. The number of nitrogen functional groups attached to an aromatic ring is 1. The Balaban J connectivity index is 2.30. The van der Waals surface area contributed by atoms with Crippen molar-refractivity contribution in [2.45, 2.75) is 6.92 Å². The van der Waals surface area contributed by atoms with E-state index in [4.69, 9.17) is 17.3 Å². The van der Waals surface area contributed by atoms with Gasteiger partial charge in [-0.2, -0.15) is 0 Å². The Morgan fingerprint density at radius 3 is 2.55 bits per heavy atom. The summed E-state index contributed by atoms with van der Waals surface area (Å²) in [5.74, 6) is -0.237. The van der Waals surface area contributed by atoms with Gasteiger partial charge in [-0.15, -0.1) is 0 Å². The number of anilines is 2. The van der Waals surface area contributed by atoms with E-state index < -0.39 is 0 Å². The molecular formula is C14H11Br2ClN2O. The Labute approximate surface area is 138 Å². The summed E-state index contributed by atoms with van der Waals surface area (Å²) in [7, 11) is 0. The van der Waals surface area contributed by atoms with E-state index in [2.05, 4.69) is 37.2 Å². The van der Waals surface area contributed by atoms with Gasteiger partial charge in [-0.3, -0.25) is 4.79 Å². The van der Waals surface area contributed by atoms with Crippen LogP contribution in [-0.2, 0) is 0 Å². The summed E-state index contributed by atoms with van der Waals surface area (Å²) in [5.41, 5.74) is 8.31. The van der Waals surface area contributed by atoms with E-state index >= 15 is 0 Å². The van der Waals surface area contributed by atoms with Crippen LogP contribution in [0.4, 0.5) is 11.4 Å². The van der Waals surface area contributed by atoms with Gasteiger partial charge in [0.2, 0.25) is 0 Å². The highest BCUT2D eigenvalue weighted by atomic mass is 79.9. The molecule has 3 nitrogen and oxygen atoms in total. The van der Waals surface area contributed by atoms with E-state index in [-0.39, 0.29) is 5.91 Å². The highest BCUT2D eigenvalue weighted by Crippen LogP contribution is 2.33. The number of benzene rings is 2. The van der Waals surface area contributed by atoms with Crippen LogP contribution >= 0.6 is 43.5 Å². The monoisotopic (exact) mass is 416 g/mol. The average Bonchev–Trinajstić information content (AvgIpc) is 2.36. The summed E-state index contributed by atoms with van der Waals surface area (Å²) in [6, 6.07) is 8.66. The Kier molecular flexibility index (Phi) is 4.73. The summed E-state index contributed by atoms with van der Waals surface area (Å²) >= 11 is 12.7. The van der Waals surface area contributed by atoms with E-state index in [1.807, 2.05) is 13.0 Å². The van der Waals surface area contributed by atoms with Gasteiger partial charge in [-0.05, 0) is 58.7 Å². The predicted octanol–water partition coefficient (Wildman–Crippen LogP) is 5.01. The number of rotatable bonds is 2. The zero-order chi connectivity index (χ0) is 14.9. The fourth-order valence-electron chi connectivity index (χ4n) is 1.70. The minimum atomic E-state index is -0.237. The zero-order valence-electron chi connectivity index (χ0n) is 10.5. The number of nitrogens with two attached hydrogens (primary N) is 1. The Morgan fingerprint density at radius 1 is 1.25 bits per heavy atom. The van der Waals surface area contributed by atoms with Gasteiger partial charge in [0.25, 0.3) is 5.91 Å². The standard InChI is InChI=1S/C14H11Br2ClN2O/c1-7-4-8(2-3-11(7)17)14(20)19-13-10(16)5-9(15)6-12(13)18/h2-6H,18H2,1H3,(H,19,20). The summed E-state index contributed by atoms with van der Waals surface area (Å²) in [6.45, 7) is 1.85. The predicted molar refractivity (Wildman–Crippen MR) is 90.4 cm³/mol. The van der Waals surface area contributed by atoms with Gasteiger partial charge in [0, 0.05) is 19.5 Å². The van der Waals surface area contributed by atoms with Crippen LogP contribution in [0.25, 0.3) is 0 Å². The Morgan fingerprint density at radius 2 is 1.95 bits per heavy atom. The number of halogens is 3. The SMILES string of the molecule is Cc1cc(C(=O)Nc2c(N)cc(Br)cc2Br)ccc1Cl. The molecule has 2 aromatic carbocycles. The third-order valence-electron chi connectivity index (χ3n) is 2.74. The quantitative estimate of drug-likeness (QED) is 0.674. The fraction of sp³-hybridized carbons (Fsp3) is 0.0714. The van der Waals surface area contributed by atoms with Crippen molar-refractivity contribution in [3.8, 4) is 0 Å². The highest BCUT2D eigenvalue weighted by molar-refractivity contribution is 9.11. The molecular weight excluding hydrogens is 407 g/mol. The van der Waals surface area contributed by atoms with Gasteiger partial charge >= 0.3 is 0 Å². The van der Waals surface area contributed by atoms with Gasteiger partial charge in [-0.25, -0.2) is 0 Å². The largest absolute Gasteiger partial charge is 0.397 e. The van der Waals surface area contributed by atoms with Crippen molar-refractivity contribution in [1.29, 1.82) is 0 Å². The summed E-state index contributed by atoms with van der Waals surface area (Å²) in [4.78, 5) is 12.2. The van der Waals surface area contributed by atoms with Crippen molar-refractivity contribution < 1.29 is 4.79 Å². The van der Waals surface area contributed by atoms with Crippen LogP contribution in [0.1, 0.15) is 15.9 Å². The summed E-state index contributed by atoms with van der Waals surface area (Å²) in [6.07, 6.45) is 0. The lowest BCUT2D eigenvalue weighted by molar-refractivity contribution is 0.102. The van der Waals surface area contributed by atoms with E-state index in [0.717, 1.165) is 10.0 Å². The smallest absolute Gasteiger partial charge is 0.255 e. The van der Waals surface area contributed by atoms with Crippen molar-refractivity contribution in [3.63, 3.8) is 0 Å². The maximum absolute atomic E-state index is 12.2. The normalized spacial score (nSPS) is 10.4. The third kappa shape index (κ3) is 3.34. The molecule has 2 aromatic rings. The van der Waals surface area contributed by atoms with Gasteiger partial charge in [-0.1, -0.05) is 27.5 Å². The van der Waals surface area contributed by atoms with E-state index in [9.17, 15) is 4.79 Å². The number of aryl methyl sites for hydroxylation is 1. The summed E-state index contributed by atoms with van der Waals surface area (Å²) in [5, 5.41) is 3.42. The molecule has 0 radical (unpaired) electrons. The van der Waals surface area contributed by atoms with Gasteiger partial charge in [0.05, 0.1) is 11.4 Å². The molecule has 0 fully saturated rings. The molecule has 6 heteroatoms. The summed E-state index contributed by atoms with van der Waals surface area (Å²) < 4.78 is 1.55. The Hall–Kier alpha value is -1.04. The van der Waals surface area contributed by atoms with Crippen molar-refractivity contribution in [1.82, 2.24) is 0 Å². The maximum Gasteiger partial charge on any atom is 0.255 e. The first-order valence-corrected chi connectivity index (χ1v) is 7.67. The van der Waals surface area contributed by atoms with E-state index in [0.29, 0.717) is 26.4 Å². The van der Waals surface area contributed by atoms with E-state index in [1.54, 1.807) is 24.3 Å². The average molecular weight is 419 g/mol. The molecule has 0 aliphatic heterocycles. The minimum Gasteiger partial charge on any atom is -0.397 e. The van der Waals surface area contributed by atoms with Crippen LogP contribution in [0.15, 0.2) is 39.3 Å². The second-order valence-electron chi connectivity index (χ2n) is 4.27. The molecule has 0 heterocycles. The molecule has 20 heavy (non-hydrogen) atoms. The lowest BCUT2D eigenvalue weighted by Gasteiger charge is -2.11. The number of amides is 1. The minimum absolute atomic E-state index is 0.237. The number of carbonyl (C=O) groups is 1. The lowest BCUT2D eigenvalue weighted by Crippen LogP contribution is -2.14. The molecule has 0 aromatic heterocycles. The van der Waals surface area contributed by atoms with Crippen LogP contribution in [0.2, 0.25) is 5.02 Å². The van der Waals surface area contributed by atoms with Crippen LogP contribution in [0.5, 0.6) is 0 Å². The van der Waals surface area contributed by atoms with Crippen LogP contribution in [0, 0.1) is 6.92 Å². The number of hydrogen-bond acceptors (Lipinski definition) is 2. The van der Waals surface area contributed by atoms with Gasteiger partial charge in [0.1, 0.15) is 0 Å². The fourth-order valence-corrected chi connectivity index (χ4v) is 3.17. The molecule has 0 saturated heterocycles. The first-order valence-electron chi connectivity index (χ1n) is 5.70. The topological polar surface area (TPSA) is 55.1 Å². The molecule has 104 valence electrons. The molecule has 0 bridgehead atoms. The number of nitrogens with one attached hydrogen (secondary N) is 1. The molecule has 0 atom stereocenters. The van der Waals surface area contributed by atoms with Crippen molar-refractivity contribution >= 4 is 60.7 Å². The molecule has 3 N–H and O–H groups in total. The van der Waals surface area contributed by atoms with Crippen LogP contribution < -0.4 is 11.1 Å². The second-order valence-corrected chi connectivity index (χ2v) is 6.45. The zero-order valence-corrected chi connectivity index (χ0v) is 14.4. The van der Waals surface area contributed by atoms with Crippen molar-refractivity contribution in [2.24, 2.45) is 0 Å². The second kappa shape index (κ2) is 6.16. The van der Waals surface area contributed by atoms with Gasteiger partial charge in [0.15, 0.2) is 0 Å². The number of hydrogen-bond donors (Lipinski definition) is 2. The molecule has 0 spiro atoms. The van der Waals surface area contributed by atoms with E-state index in [1.165, 1.54) is 0 Å².